The van der Waals surface area contributed by atoms with Gasteiger partial charge in [-0.3, -0.25) is 10.1 Å². The molecule has 0 amide bonds. The molecule has 0 unspecified atom stereocenters. The molecule has 0 bridgehead atoms. The van der Waals surface area contributed by atoms with Crippen molar-refractivity contribution in [1.29, 1.82) is 0 Å². The standard InChI is InChI=1S/C17H15NO4/c1-11-10-13(6-8-15(11)18(20)21)17(19)22-16-9-7-12-4-2-3-5-14(12)16/h2-6,8,10,16H,7,9H2,1H3/t16-/m0/s1. The topological polar surface area (TPSA) is 69.4 Å². The molecule has 3 rings (SSSR count). The molecule has 0 N–H and O–H groups in total. The molecule has 1 aliphatic carbocycles. The van der Waals surface area contributed by atoms with Crippen LogP contribution in [-0.4, -0.2) is 10.9 Å². The molecule has 0 aliphatic heterocycles. The lowest BCUT2D eigenvalue weighted by Gasteiger charge is -2.13. The number of aryl methyl sites for hydroxylation is 2. The van der Waals surface area contributed by atoms with E-state index < -0.39 is 10.9 Å². The molecule has 22 heavy (non-hydrogen) atoms. The monoisotopic (exact) mass is 297 g/mol. The Bertz CT molecular complexity index is 754. The summed E-state index contributed by atoms with van der Waals surface area (Å²) in [5.41, 5.74) is 3.05. The third-order valence-electron chi connectivity index (χ3n) is 3.96. The first-order valence-electron chi connectivity index (χ1n) is 7.10. The fourth-order valence-corrected chi connectivity index (χ4v) is 2.83. The van der Waals surface area contributed by atoms with Crippen LogP contribution >= 0.6 is 0 Å². The number of hydrogen-bond acceptors (Lipinski definition) is 4. The highest BCUT2D eigenvalue weighted by Gasteiger charge is 2.26. The second kappa shape index (κ2) is 5.60. The summed E-state index contributed by atoms with van der Waals surface area (Å²) < 4.78 is 5.57. The first-order valence-corrected chi connectivity index (χ1v) is 7.10. The van der Waals surface area contributed by atoms with Crippen molar-refractivity contribution in [2.24, 2.45) is 0 Å². The molecule has 1 atom stereocenters. The minimum absolute atomic E-state index is 0.00256. The molecular formula is C17H15NO4. The van der Waals surface area contributed by atoms with Crippen molar-refractivity contribution in [2.45, 2.75) is 25.9 Å². The van der Waals surface area contributed by atoms with E-state index in [-0.39, 0.29) is 11.8 Å². The molecule has 5 heteroatoms. The van der Waals surface area contributed by atoms with Crippen LogP contribution in [0.2, 0.25) is 0 Å². The molecule has 0 saturated heterocycles. The number of rotatable bonds is 3. The zero-order chi connectivity index (χ0) is 15.7. The van der Waals surface area contributed by atoms with Gasteiger partial charge in [-0.25, -0.2) is 4.79 Å². The van der Waals surface area contributed by atoms with Gasteiger partial charge in [-0.15, -0.1) is 0 Å². The van der Waals surface area contributed by atoms with Crippen LogP contribution < -0.4 is 0 Å². The van der Waals surface area contributed by atoms with Crippen LogP contribution in [0, 0.1) is 17.0 Å². The first-order chi connectivity index (χ1) is 10.6. The van der Waals surface area contributed by atoms with E-state index >= 15 is 0 Å². The number of ether oxygens (including phenoxy) is 1. The Balaban J connectivity index is 1.79. The summed E-state index contributed by atoms with van der Waals surface area (Å²) in [6.07, 6.45) is 1.43. The van der Waals surface area contributed by atoms with Crippen molar-refractivity contribution >= 4 is 11.7 Å². The van der Waals surface area contributed by atoms with Crippen LogP contribution in [0.4, 0.5) is 5.69 Å². The van der Waals surface area contributed by atoms with Gasteiger partial charge in [-0.1, -0.05) is 24.3 Å². The van der Waals surface area contributed by atoms with Gasteiger partial charge in [-0.2, -0.15) is 0 Å². The average molecular weight is 297 g/mol. The summed E-state index contributed by atoms with van der Waals surface area (Å²) in [6.45, 7) is 1.61. The Morgan fingerprint density at radius 1 is 1.27 bits per heavy atom. The first kappa shape index (κ1) is 14.3. The number of carbonyl (C=O) groups excluding carboxylic acids is 1. The molecule has 5 nitrogen and oxygen atoms in total. The Hall–Kier alpha value is -2.69. The van der Waals surface area contributed by atoms with Gasteiger partial charge in [-0.05, 0) is 43.0 Å². The second-order valence-corrected chi connectivity index (χ2v) is 5.39. The van der Waals surface area contributed by atoms with Crippen LogP contribution in [0.3, 0.4) is 0 Å². The van der Waals surface area contributed by atoms with E-state index in [4.69, 9.17) is 4.74 Å². The zero-order valence-corrected chi connectivity index (χ0v) is 12.1. The average Bonchev–Trinajstić information content (AvgIpc) is 2.90. The highest BCUT2D eigenvalue weighted by Crippen LogP contribution is 2.34. The molecule has 0 heterocycles. The summed E-state index contributed by atoms with van der Waals surface area (Å²) in [5, 5.41) is 10.8. The maximum absolute atomic E-state index is 12.3. The van der Waals surface area contributed by atoms with Gasteiger partial charge >= 0.3 is 5.97 Å². The highest BCUT2D eigenvalue weighted by molar-refractivity contribution is 5.90. The highest BCUT2D eigenvalue weighted by atomic mass is 16.6. The largest absolute Gasteiger partial charge is 0.454 e. The van der Waals surface area contributed by atoms with E-state index in [1.54, 1.807) is 6.92 Å². The third kappa shape index (κ3) is 2.57. The van der Waals surface area contributed by atoms with Crippen molar-refractivity contribution < 1.29 is 14.5 Å². The normalized spacial score (nSPS) is 16.1. The molecule has 0 radical (unpaired) electrons. The molecular weight excluding hydrogens is 282 g/mol. The van der Waals surface area contributed by atoms with Gasteiger partial charge in [0.2, 0.25) is 0 Å². The number of nitrogens with zero attached hydrogens (tertiary/aromatic N) is 1. The Kier molecular flexibility index (Phi) is 3.63. The van der Waals surface area contributed by atoms with E-state index in [0.29, 0.717) is 11.1 Å². The number of fused-ring (bicyclic) bond motifs is 1. The van der Waals surface area contributed by atoms with E-state index in [9.17, 15) is 14.9 Å². The van der Waals surface area contributed by atoms with Gasteiger partial charge in [0.25, 0.3) is 5.69 Å². The maximum atomic E-state index is 12.3. The lowest BCUT2D eigenvalue weighted by molar-refractivity contribution is -0.385. The molecule has 0 spiro atoms. The SMILES string of the molecule is Cc1cc(C(=O)O[C@H]2CCc3ccccc32)ccc1[N+](=O)[O-]. The Morgan fingerprint density at radius 3 is 2.77 bits per heavy atom. The zero-order valence-electron chi connectivity index (χ0n) is 12.1. The third-order valence-corrected chi connectivity index (χ3v) is 3.96. The molecule has 1 aliphatic rings. The van der Waals surface area contributed by atoms with Crippen molar-refractivity contribution in [2.75, 3.05) is 0 Å². The van der Waals surface area contributed by atoms with Crippen molar-refractivity contribution in [1.82, 2.24) is 0 Å². The Labute approximate surface area is 127 Å². The van der Waals surface area contributed by atoms with E-state index in [1.165, 1.54) is 23.8 Å². The number of benzene rings is 2. The van der Waals surface area contributed by atoms with Crippen LogP contribution in [0.15, 0.2) is 42.5 Å². The van der Waals surface area contributed by atoms with Gasteiger partial charge < -0.3 is 4.74 Å². The number of carbonyl (C=O) groups is 1. The van der Waals surface area contributed by atoms with Crippen molar-refractivity contribution in [3.8, 4) is 0 Å². The second-order valence-electron chi connectivity index (χ2n) is 5.39. The fourth-order valence-electron chi connectivity index (χ4n) is 2.83. The molecule has 0 fully saturated rings. The molecule has 0 aromatic heterocycles. The molecule has 2 aromatic rings. The number of esters is 1. The summed E-state index contributed by atoms with van der Waals surface area (Å²) >= 11 is 0. The minimum Gasteiger partial charge on any atom is -0.454 e. The van der Waals surface area contributed by atoms with Crippen LogP contribution in [0.1, 0.15) is 39.6 Å². The number of nitro groups is 1. The predicted molar refractivity (Wildman–Crippen MR) is 80.8 cm³/mol. The lowest BCUT2D eigenvalue weighted by Crippen LogP contribution is -2.10. The van der Waals surface area contributed by atoms with E-state index in [0.717, 1.165) is 18.4 Å². The minimum atomic E-state index is -0.461. The fraction of sp³-hybridized carbons (Fsp3) is 0.235. The van der Waals surface area contributed by atoms with Crippen molar-refractivity contribution in [3.63, 3.8) is 0 Å². The summed E-state index contributed by atoms with van der Waals surface area (Å²) in [7, 11) is 0. The summed E-state index contributed by atoms with van der Waals surface area (Å²) in [5.74, 6) is -0.445. The van der Waals surface area contributed by atoms with Gasteiger partial charge in [0, 0.05) is 11.6 Å². The number of hydrogen-bond donors (Lipinski definition) is 0. The predicted octanol–water partition coefficient (Wildman–Crippen LogP) is 3.75. The van der Waals surface area contributed by atoms with Crippen molar-refractivity contribution in [3.05, 3.63) is 74.8 Å². The lowest BCUT2D eigenvalue weighted by atomic mass is 10.1. The smallest absolute Gasteiger partial charge is 0.338 e. The molecule has 2 aromatic carbocycles. The molecule has 112 valence electrons. The summed E-state index contributed by atoms with van der Waals surface area (Å²) in [6, 6.07) is 12.2. The van der Waals surface area contributed by atoms with Gasteiger partial charge in [0.15, 0.2) is 0 Å². The van der Waals surface area contributed by atoms with Crippen LogP contribution in [0.5, 0.6) is 0 Å². The van der Waals surface area contributed by atoms with E-state index in [1.807, 2.05) is 24.3 Å². The maximum Gasteiger partial charge on any atom is 0.338 e. The van der Waals surface area contributed by atoms with E-state index in [2.05, 4.69) is 0 Å². The van der Waals surface area contributed by atoms with Crippen LogP contribution in [-0.2, 0) is 11.2 Å². The number of nitro benzene ring substituents is 1. The summed E-state index contributed by atoms with van der Waals surface area (Å²) in [4.78, 5) is 22.6. The van der Waals surface area contributed by atoms with Gasteiger partial charge in [0.1, 0.15) is 6.10 Å². The van der Waals surface area contributed by atoms with Gasteiger partial charge in [0.05, 0.1) is 10.5 Å². The Morgan fingerprint density at radius 2 is 2.05 bits per heavy atom. The molecule has 0 saturated carbocycles. The van der Waals surface area contributed by atoms with Crippen LogP contribution in [0.25, 0.3) is 0 Å². The quantitative estimate of drug-likeness (QED) is 0.491.